The van der Waals surface area contributed by atoms with Gasteiger partial charge in [0.2, 0.25) is 5.95 Å². The second-order valence-corrected chi connectivity index (χ2v) is 18.1. The molecule has 0 spiro atoms. The molecule has 0 radical (unpaired) electrons. The van der Waals surface area contributed by atoms with Crippen LogP contribution in [0.4, 0.5) is 0 Å². The molecule has 5 aliphatic rings. The maximum absolute atomic E-state index is 5.53. The summed E-state index contributed by atoms with van der Waals surface area (Å²) < 4.78 is 4.92. The Morgan fingerprint density at radius 1 is 0.562 bits per heavy atom. The number of para-hydroxylation sites is 1. The molecule has 2 atom stereocenters. The van der Waals surface area contributed by atoms with Crippen LogP contribution in [0.5, 0.6) is 0 Å². The SMILES string of the molecule is C1=CCC(n2c3c(c4cc(-c5ccc6c(c5)c5ccccc5n6-c5nc(-c6cccc(C7C=C(C8=CCCC=C8)C=CC7)c6)c6c(n5)=CCCC=6)ccc42)-c2ccccc2CC3)C=C1. The van der Waals surface area contributed by atoms with Gasteiger partial charge in [-0.05, 0) is 127 Å². The highest BCUT2D eigenvalue weighted by molar-refractivity contribution is 6.10. The predicted molar refractivity (Wildman–Crippen MR) is 266 cm³/mol. The van der Waals surface area contributed by atoms with Gasteiger partial charge in [0.15, 0.2) is 0 Å². The van der Waals surface area contributed by atoms with Crippen LogP contribution >= 0.6 is 0 Å². The van der Waals surface area contributed by atoms with E-state index < -0.39 is 0 Å². The summed E-state index contributed by atoms with van der Waals surface area (Å²) in [7, 11) is 0. The van der Waals surface area contributed by atoms with Crippen LogP contribution in [0.3, 0.4) is 0 Å². The molecule has 0 N–H and O–H groups in total. The molecule has 5 aliphatic carbocycles. The molecule has 4 nitrogen and oxygen atoms in total. The number of rotatable bonds is 6. The third-order valence-corrected chi connectivity index (χ3v) is 14.3. The van der Waals surface area contributed by atoms with Gasteiger partial charge in [0.05, 0.1) is 28.1 Å². The summed E-state index contributed by atoms with van der Waals surface area (Å²) in [6, 6.07) is 41.4. The first kappa shape index (κ1) is 37.3. The van der Waals surface area contributed by atoms with Crippen LogP contribution in [0.2, 0.25) is 0 Å². The van der Waals surface area contributed by atoms with Crippen molar-refractivity contribution < 1.29 is 0 Å². The monoisotopic (exact) mass is 824 g/mol. The van der Waals surface area contributed by atoms with E-state index in [9.17, 15) is 0 Å². The lowest BCUT2D eigenvalue weighted by Gasteiger charge is -2.24. The fraction of sp³-hybridized carbons (Fsp3) is 0.167. The molecule has 0 amide bonds. The number of nitrogens with zero attached hydrogens (tertiary/aromatic N) is 4. The average molecular weight is 825 g/mol. The second kappa shape index (κ2) is 15.2. The van der Waals surface area contributed by atoms with Gasteiger partial charge in [0.25, 0.3) is 0 Å². The van der Waals surface area contributed by atoms with Crippen LogP contribution in [0.15, 0.2) is 181 Å². The normalized spacial score (nSPS) is 18.6. The van der Waals surface area contributed by atoms with Crippen molar-refractivity contribution in [2.75, 3.05) is 0 Å². The highest BCUT2D eigenvalue weighted by atomic mass is 15.2. The zero-order valence-electron chi connectivity index (χ0n) is 35.9. The van der Waals surface area contributed by atoms with Crippen LogP contribution in [0.1, 0.15) is 67.3 Å². The van der Waals surface area contributed by atoms with Gasteiger partial charge in [-0.15, -0.1) is 0 Å². The summed E-state index contributed by atoms with van der Waals surface area (Å²) in [5, 5.41) is 5.90. The van der Waals surface area contributed by atoms with Gasteiger partial charge < -0.3 is 4.57 Å². The van der Waals surface area contributed by atoms with Gasteiger partial charge in [0, 0.05) is 49.6 Å². The number of hydrogen-bond acceptors (Lipinski definition) is 2. The molecule has 3 heterocycles. The minimum atomic E-state index is 0.309. The smallest absolute Gasteiger partial charge is 0.235 e. The highest BCUT2D eigenvalue weighted by Gasteiger charge is 2.27. The van der Waals surface area contributed by atoms with Crippen LogP contribution in [-0.4, -0.2) is 19.1 Å². The molecule has 8 aromatic rings. The first-order chi connectivity index (χ1) is 31.7. The largest absolute Gasteiger partial charge is 0.337 e. The Kier molecular flexibility index (Phi) is 8.85. The van der Waals surface area contributed by atoms with E-state index in [1.165, 1.54) is 71.9 Å². The van der Waals surface area contributed by atoms with Crippen molar-refractivity contribution in [2.24, 2.45) is 0 Å². The van der Waals surface area contributed by atoms with E-state index >= 15 is 0 Å². The van der Waals surface area contributed by atoms with Crippen molar-refractivity contribution in [2.45, 2.75) is 63.3 Å². The van der Waals surface area contributed by atoms with E-state index in [1.807, 2.05) is 0 Å². The molecule has 0 bridgehead atoms. The molecule has 0 aliphatic heterocycles. The lowest BCUT2D eigenvalue weighted by Crippen LogP contribution is -2.34. The molecular weight excluding hydrogens is 777 g/mol. The summed E-state index contributed by atoms with van der Waals surface area (Å²) in [6.45, 7) is 0. The number of aryl methyl sites for hydroxylation is 1. The quantitative estimate of drug-likeness (QED) is 0.167. The fourth-order valence-corrected chi connectivity index (χ4v) is 11.3. The van der Waals surface area contributed by atoms with Crippen molar-refractivity contribution in [3.63, 3.8) is 0 Å². The van der Waals surface area contributed by atoms with Crippen LogP contribution in [0, 0.1) is 0 Å². The zero-order valence-corrected chi connectivity index (χ0v) is 35.9. The van der Waals surface area contributed by atoms with E-state index in [2.05, 4.69) is 191 Å². The number of allylic oxidation sites excluding steroid dienone is 12. The van der Waals surface area contributed by atoms with E-state index in [-0.39, 0.29) is 0 Å². The average Bonchev–Trinajstić information content (AvgIpc) is 3.89. The Morgan fingerprint density at radius 2 is 1.39 bits per heavy atom. The summed E-state index contributed by atoms with van der Waals surface area (Å²) in [5.74, 6) is 1.02. The Bertz CT molecular complexity index is 3580. The second-order valence-electron chi connectivity index (χ2n) is 18.1. The Labute approximate surface area is 373 Å². The molecule has 0 saturated heterocycles. The van der Waals surface area contributed by atoms with Crippen molar-refractivity contribution >= 4 is 44.9 Å². The van der Waals surface area contributed by atoms with Crippen LogP contribution in [-0.2, 0) is 12.8 Å². The first-order valence-corrected chi connectivity index (χ1v) is 23.3. The molecule has 64 heavy (non-hydrogen) atoms. The Morgan fingerprint density at radius 3 is 2.30 bits per heavy atom. The standard InChI is InChI=1S/C60H48N4/c1-3-15-39(16-4-1)41-18-13-19-42(35-41)43-20-14-21-46(36-43)59-50-26-9-11-27-53(50)61-60(62-59)64-54-28-12-10-25-49(54)51-37-44(30-32-55(51)64)45-31-33-56-52(38-45)58-48-24-8-7-17-40(48)29-34-57(58)63(56)47-22-5-2-6-23-47/h2-3,5-8,10,12-18,20-22,24-28,30-33,35-38,42,47H,1,4,9,11,19,23,29,34H2. The van der Waals surface area contributed by atoms with Crippen molar-refractivity contribution in [3.8, 4) is 39.5 Å². The summed E-state index contributed by atoms with van der Waals surface area (Å²) in [4.78, 5) is 10.9. The molecular formula is C60H48N4. The van der Waals surface area contributed by atoms with Gasteiger partial charge in [0.1, 0.15) is 0 Å². The Balaban J connectivity index is 0.938. The molecule has 0 saturated carbocycles. The number of benzene rings is 5. The maximum atomic E-state index is 5.53. The molecule has 0 fully saturated rings. The van der Waals surface area contributed by atoms with Gasteiger partial charge in [-0.3, -0.25) is 4.57 Å². The van der Waals surface area contributed by atoms with Crippen molar-refractivity contribution in [1.29, 1.82) is 0 Å². The molecule has 3 aromatic heterocycles. The number of fused-ring (bicyclic) bond motifs is 9. The van der Waals surface area contributed by atoms with Crippen LogP contribution in [0.25, 0.3) is 84.3 Å². The van der Waals surface area contributed by atoms with Gasteiger partial charge in [-0.1, -0.05) is 146 Å². The predicted octanol–water partition coefficient (Wildman–Crippen LogP) is 13.3. The third kappa shape index (κ3) is 6.11. The topological polar surface area (TPSA) is 35.6 Å². The summed E-state index contributed by atoms with van der Waals surface area (Å²) in [5.41, 5.74) is 17.8. The van der Waals surface area contributed by atoms with Crippen LogP contribution < -0.4 is 10.6 Å². The minimum Gasteiger partial charge on any atom is -0.337 e. The first-order valence-electron chi connectivity index (χ1n) is 23.3. The summed E-state index contributed by atoms with van der Waals surface area (Å²) in [6.07, 6.45) is 36.1. The van der Waals surface area contributed by atoms with Crippen molar-refractivity contribution in [1.82, 2.24) is 19.1 Å². The highest BCUT2D eigenvalue weighted by Crippen LogP contribution is 2.45. The molecule has 308 valence electrons. The van der Waals surface area contributed by atoms with Gasteiger partial charge in [-0.2, -0.15) is 0 Å². The van der Waals surface area contributed by atoms with Gasteiger partial charge in [-0.25, -0.2) is 9.97 Å². The Hall–Kier alpha value is -7.30. The lowest BCUT2D eigenvalue weighted by molar-refractivity contribution is 0.598. The van der Waals surface area contributed by atoms with E-state index in [0.29, 0.717) is 17.9 Å². The molecule has 13 rings (SSSR count). The number of aromatic nitrogens is 4. The third-order valence-electron chi connectivity index (χ3n) is 14.3. The number of hydrogen-bond donors (Lipinski definition) is 0. The van der Waals surface area contributed by atoms with Crippen molar-refractivity contribution in [3.05, 3.63) is 208 Å². The van der Waals surface area contributed by atoms with E-state index in [1.54, 1.807) is 0 Å². The zero-order chi connectivity index (χ0) is 42.1. The van der Waals surface area contributed by atoms with Gasteiger partial charge >= 0.3 is 0 Å². The molecule has 2 unspecified atom stereocenters. The summed E-state index contributed by atoms with van der Waals surface area (Å²) >= 11 is 0. The fourth-order valence-electron chi connectivity index (χ4n) is 11.3. The maximum Gasteiger partial charge on any atom is 0.235 e. The van der Waals surface area contributed by atoms with E-state index in [0.717, 1.165) is 84.2 Å². The lowest BCUT2D eigenvalue weighted by atomic mass is 9.85. The van der Waals surface area contributed by atoms with E-state index in [4.69, 9.17) is 9.97 Å². The minimum absolute atomic E-state index is 0.309. The molecule has 5 aromatic carbocycles. The molecule has 4 heteroatoms.